The van der Waals surface area contributed by atoms with E-state index in [-0.39, 0.29) is 5.91 Å². The van der Waals surface area contributed by atoms with E-state index in [1.165, 1.54) is 0 Å². The number of benzene rings is 1. The van der Waals surface area contributed by atoms with Crippen LogP contribution in [0.5, 0.6) is 0 Å². The van der Waals surface area contributed by atoms with Gasteiger partial charge in [-0.2, -0.15) is 13.2 Å². The molecular formula is C15H19F3N2O. The highest BCUT2D eigenvalue weighted by atomic mass is 19.4. The largest absolute Gasteiger partial charge is 0.390 e. The van der Waals surface area contributed by atoms with Gasteiger partial charge in [0.05, 0.1) is 6.42 Å². The van der Waals surface area contributed by atoms with Crippen LogP contribution in [-0.4, -0.2) is 18.6 Å². The van der Waals surface area contributed by atoms with Gasteiger partial charge in [0.1, 0.15) is 0 Å². The van der Waals surface area contributed by atoms with Gasteiger partial charge < -0.3 is 10.6 Å². The number of hydrogen-bond donors (Lipinski definition) is 2. The average Bonchev–Trinajstić information content (AvgIpc) is 2.41. The Morgan fingerprint density at radius 2 is 2.10 bits per heavy atom. The van der Waals surface area contributed by atoms with Crippen molar-refractivity contribution in [2.45, 2.75) is 44.8 Å². The first-order valence-electron chi connectivity index (χ1n) is 7.12. The topological polar surface area (TPSA) is 41.1 Å². The zero-order chi connectivity index (χ0) is 15.5. The maximum absolute atomic E-state index is 12.7. The van der Waals surface area contributed by atoms with Crippen molar-refractivity contribution < 1.29 is 18.0 Å². The molecule has 0 fully saturated rings. The fourth-order valence-electron chi connectivity index (χ4n) is 2.48. The van der Waals surface area contributed by atoms with Crippen molar-refractivity contribution in [1.29, 1.82) is 0 Å². The first-order valence-corrected chi connectivity index (χ1v) is 7.12. The molecule has 0 aliphatic carbocycles. The molecule has 6 heteroatoms. The number of aryl methyl sites for hydroxylation is 1. The molecule has 1 aromatic carbocycles. The lowest BCUT2D eigenvalue weighted by Gasteiger charge is -2.23. The highest BCUT2D eigenvalue weighted by Crippen LogP contribution is 2.32. The molecule has 1 atom stereocenters. The molecule has 0 aromatic heterocycles. The third-order valence-corrected chi connectivity index (χ3v) is 3.50. The molecule has 2 N–H and O–H groups in total. The SMILES string of the molecule is CCCNC(CC(F)(F)F)c1ccc2c(c1)CCC(=O)N2. The Kier molecular flexibility index (Phi) is 4.88. The number of nitrogens with one attached hydrogen (secondary N) is 2. The van der Waals surface area contributed by atoms with Gasteiger partial charge in [0, 0.05) is 18.2 Å². The maximum Gasteiger partial charge on any atom is 0.390 e. The Morgan fingerprint density at radius 3 is 2.76 bits per heavy atom. The number of hydrogen-bond acceptors (Lipinski definition) is 2. The molecule has 0 saturated heterocycles. The van der Waals surface area contributed by atoms with Crippen LogP contribution in [0.1, 0.15) is 43.4 Å². The van der Waals surface area contributed by atoms with Crippen molar-refractivity contribution in [3.8, 4) is 0 Å². The maximum atomic E-state index is 12.7. The molecular weight excluding hydrogens is 281 g/mol. The number of halogens is 3. The highest BCUT2D eigenvalue weighted by Gasteiger charge is 2.32. The number of alkyl halides is 3. The van der Waals surface area contributed by atoms with Gasteiger partial charge in [0.25, 0.3) is 0 Å². The molecule has 21 heavy (non-hydrogen) atoms. The molecule has 0 saturated carbocycles. The second-order valence-electron chi connectivity index (χ2n) is 5.29. The number of carbonyl (C=O) groups excluding carboxylic acids is 1. The summed E-state index contributed by atoms with van der Waals surface area (Å²) in [6, 6.07) is 4.38. The Labute approximate surface area is 121 Å². The third kappa shape index (κ3) is 4.46. The highest BCUT2D eigenvalue weighted by molar-refractivity contribution is 5.93. The van der Waals surface area contributed by atoms with Gasteiger partial charge in [-0.15, -0.1) is 0 Å². The summed E-state index contributed by atoms with van der Waals surface area (Å²) in [4.78, 5) is 11.3. The Hall–Kier alpha value is -1.56. The first kappa shape index (κ1) is 15.8. The summed E-state index contributed by atoms with van der Waals surface area (Å²) < 4.78 is 38.1. The molecule has 116 valence electrons. The van der Waals surface area contributed by atoms with Gasteiger partial charge in [-0.3, -0.25) is 4.79 Å². The molecule has 0 bridgehead atoms. The Morgan fingerprint density at radius 1 is 1.33 bits per heavy atom. The summed E-state index contributed by atoms with van der Waals surface area (Å²) in [6.45, 7) is 2.45. The van der Waals surface area contributed by atoms with Crippen molar-refractivity contribution in [2.24, 2.45) is 0 Å². The van der Waals surface area contributed by atoms with E-state index < -0.39 is 18.6 Å². The number of rotatable bonds is 5. The van der Waals surface area contributed by atoms with E-state index in [0.717, 1.165) is 12.0 Å². The van der Waals surface area contributed by atoms with Crippen LogP contribution in [-0.2, 0) is 11.2 Å². The van der Waals surface area contributed by atoms with Crippen LogP contribution < -0.4 is 10.6 Å². The lowest BCUT2D eigenvalue weighted by Crippen LogP contribution is -2.28. The second-order valence-corrected chi connectivity index (χ2v) is 5.29. The molecule has 1 amide bonds. The quantitative estimate of drug-likeness (QED) is 0.873. The van der Waals surface area contributed by atoms with E-state index in [1.54, 1.807) is 18.2 Å². The monoisotopic (exact) mass is 300 g/mol. The molecule has 2 rings (SSSR count). The van der Waals surface area contributed by atoms with E-state index in [9.17, 15) is 18.0 Å². The van der Waals surface area contributed by atoms with Crippen molar-refractivity contribution in [1.82, 2.24) is 5.32 Å². The predicted molar refractivity (Wildman–Crippen MR) is 75.1 cm³/mol. The van der Waals surface area contributed by atoms with Crippen LogP contribution in [0.2, 0.25) is 0 Å². The van der Waals surface area contributed by atoms with Crippen molar-refractivity contribution in [3.05, 3.63) is 29.3 Å². The van der Waals surface area contributed by atoms with Crippen LogP contribution >= 0.6 is 0 Å². The van der Waals surface area contributed by atoms with E-state index in [2.05, 4.69) is 10.6 Å². The molecule has 1 aromatic rings. The Bertz CT molecular complexity index is 514. The van der Waals surface area contributed by atoms with Crippen molar-refractivity contribution >= 4 is 11.6 Å². The van der Waals surface area contributed by atoms with E-state index in [0.29, 0.717) is 30.6 Å². The molecule has 1 unspecified atom stereocenters. The van der Waals surface area contributed by atoms with Crippen molar-refractivity contribution in [3.63, 3.8) is 0 Å². The molecule has 0 spiro atoms. The zero-order valence-electron chi connectivity index (χ0n) is 11.9. The summed E-state index contributed by atoms with van der Waals surface area (Å²) in [5.41, 5.74) is 2.23. The molecule has 1 aliphatic heterocycles. The number of amides is 1. The van der Waals surface area contributed by atoms with Gasteiger partial charge in [-0.25, -0.2) is 0 Å². The zero-order valence-corrected chi connectivity index (χ0v) is 11.9. The van der Waals surface area contributed by atoms with Crippen LogP contribution in [0.3, 0.4) is 0 Å². The standard InChI is InChI=1S/C15H19F3N2O/c1-2-7-19-13(9-15(16,17)18)11-3-5-12-10(8-11)4-6-14(21)20-12/h3,5,8,13,19H,2,4,6-7,9H2,1H3,(H,20,21). The predicted octanol–water partition coefficient (Wildman–Crippen LogP) is 3.56. The van der Waals surface area contributed by atoms with Gasteiger partial charge in [-0.1, -0.05) is 19.1 Å². The fourth-order valence-corrected chi connectivity index (χ4v) is 2.48. The average molecular weight is 300 g/mol. The first-order chi connectivity index (χ1) is 9.89. The summed E-state index contributed by atoms with van der Waals surface area (Å²) >= 11 is 0. The van der Waals surface area contributed by atoms with E-state index >= 15 is 0 Å². The number of anilines is 1. The van der Waals surface area contributed by atoms with Gasteiger partial charge in [0.15, 0.2) is 0 Å². The van der Waals surface area contributed by atoms with Crippen molar-refractivity contribution in [2.75, 3.05) is 11.9 Å². The fraction of sp³-hybridized carbons (Fsp3) is 0.533. The van der Waals surface area contributed by atoms with Crippen LogP contribution in [0.15, 0.2) is 18.2 Å². The van der Waals surface area contributed by atoms with Crippen LogP contribution in [0, 0.1) is 0 Å². The van der Waals surface area contributed by atoms with Gasteiger partial charge in [0.2, 0.25) is 5.91 Å². The summed E-state index contributed by atoms with van der Waals surface area (Å²) in [5, 5.41) is 5.69. The van der Waals surface area contributed by atoms with Gasteiger partial charge >= 0.3 is 6.18 Å². The van der Waals surface area contributed by atoms with Crippen LogP contribution in [0.4, 0.5) is 18.9 Å². The third-order valence-electron chi connectivity index (χ3n) is 3.50. The summed E-state index contributed by atoms with van der Waals surface area (Å²) in [5.74, 6) is -0.0498. The Balaban J connectivity index is 2.21. The minimum absolute atomic E-state index is 0.0498. The second kappa shape index (κ2) is 6.47. The molecule has 0 radical (unpaired) electrons. The smallest absolute Gasteiger partial charge is 0.326 e. The normalized spacial score (nSPS) is 16.3. The van der Waals surface area contributed by atoms with E-state index in [4.69, 9.17) is 0 Å². The van der Waals surface area contributed by atoms with Crippen LogP contribution in [0.25, 0.3) is 0 Å². The lowest BCUT2D eigenvalue weighted by atomic mass is 9.95. The number of fused-ring (bicyclic) bond motifs is 1. The number of carbonyl (C=O) groups is 1. The molecule has 1 aliphatic rings. The lowest BCUT2D eigenvalue weighted by molar-refractivity contribution is -0.140. The molecule has 1 heterocycles. The molecule has 3 nitrogen and oxygen atoms in total. The summed E-state index contributed by atoms with van der Waals surface area (Å²) in [7, 11) is 0. The minimum atomic E-state index is -4.21. The summed E-state index contributed by atoms with van der Waals surface area (Å²) in [6.07, 6.45) is -3.38. The minimum Gasteiger partial charge on any atom is -0.326 e. The van der Waals surface area contributed by atoms with E-state index in [1.807, 2.05) is 6.92 Å². The van der Waals surface area contributed by atoms with Gasteiger partial charge in [-0.05, 0) is 36.6 Å².